The minimum absolute atomic E-state index is 0.625. The highest BCUT2D eigenvalue weighted by atomic mass is 127. The molecule has 2 N–H and O–H groups in total. The molecular weight excluding hydrogens is 367 g/mol. The summed E-state index contributed by atoms with van der Waals surface area (Å²) in [5.74, 6) is 1.99. The Bertz CT molecular complexity index is 560. The highest BCUT2D eigenvalue weighted by Gasteiger charge is 2.11. The zero-order valence-electron chi connectivity index (χ0n) is 11.5. The van der Waals surface area contributed by atoms with E-state index in [-0.39, 0.29) is 0 Å². The second-order valence-electron chi connectivity index (χ2n) is 4.16. The van der Waals surface area contributed by atoms with Crippen LogP contribution in [0.2, 0.25) is 0 Å². The Balaban J connectivity index is 2.24. The molecule has 0 fully saturated rings. The lowest BCUT2D eigenvalue weighted by atomic mass is 10.3. The van der Waals surface area contributed by atoms with E-state index in [4.69, 9.17) is 4.74 Å². The van der Waals surface area contributed by atoms with Crippen molar-refractivity contribution in [3.8, 4) is 5.75 Å². The van der Waals surface area contributed by atoms with E-state index >= 15 is 0 Å². The summed E-state index contributed by atoms with van der Waals surface area (Å²) >= 11 is 2.27. The molecule has 0 aliphatic carbocycles. The highest BCUT2D eigenvalue weighted by molar-refractivity contribution is 14.1. The molecule has 0 amide bonds. The summed E-state index contributed by atoms with van der Waals surface area (Å²) in [5, 5.41) is 6.48. The number of hydrogen-bond acceptors (Lipinski definition) is 5. The van der Waals surface area contributed by atoms with Crippen LogP contribution in [0.1, 0.15) is 13.3 Å². The topological polar surface area (TPSA) is 59.1 Å². The number of anilines is 3. The summed E-state index contributed by atoms with van der Waals surface area (Å²) < 4.78 is 6.61. The van der Waals surface area contributed by atoms with Gasteiger partial charge < -0.3 is 15.4 Å². The van der Waals surface area contributed by atoms with Crippen LogP contribution in [0, 0.1) is 3.57 Å². The third kappa shape index (κ3) is 3.72. The molecule has 0 saturated heterocycles. The van der Waals surface area contributed by atoms with Gasteiger partial charge in [0.05, 0.1) is 7.11 Å². The molecule has 0 saturated carbocycles. The fourth-order valence-electron chi connectivity index (χ4n) is 1.70. The van der Waals surface area contributed by atoms with Crippen molar-refractivity contribution in [3.63, 3.8) is 0 Å². The van der Waals surface area contributed by atoms with Gasteiger partial charge in [-0.15, -0.1) is 0 Å². The Morgan fingerprint density at radius 1 is 1.15 bits per heavy atom. The van der Waals surface area contributed by atoms with E-state index in [1.54, 1.807) is 7.11 Å². The number of rotatable bonds is 6. The maximum atomic E-state index is 5.42. The van der Waals surface area contributed by atoms with Gasteiger partial charge in [0.25, 0.3) is 0 Å². The molecular formula is C14H17IN4O. The van der Waals surface area contributed by atoms with Crippen LogP contribution in [0.25, 0.3) is 0 Å². The standard InChI is InChI=1S/C14H17IN4O/c1-3-8-16-13-12(20-2)14(18-9-17-13)19-11-6-4-10(15)5-7-11/h4-7,9H,3,8H2,1-2H3,(H2,16,17,18,19). The fourth-order valence-corrected chi connectivity index (χ4v) is 2.05. The van der Waals surface area contributed by atoms with Gasteiger partial charge in [0.15, 0.2) is 11.6 Å². The SMILES string of the molecule is CCCNc1ncnc(Nc2ccc(I)cc2)c1OC. The van der Waals surface area contributed by atoms with E-state index in [9.17, 15) is 0 Å². The minimum atomic E-state index is 0.625. The molecule has 20 heavy (non-hydrogen) atoms. The molecule has 6 heteroatoms. The van der Waals surface area contributed by atoms with Gasteiger partial charge in [0.2, 0.25) is 5.75 Å². The first kappa shape index (κ1) is 14.8. The van der Waals surface area contributed by atoms with Gasteiger partial charge >= 0.3 is 0 Å². The van der Waals surface area contributed by atoms with Crippen molar-refractivity contribution in [2.75, 3.05) is 24.3 Å². The molecule has 1 heterocycles. The third-order valence-corrected chi connectivity index (χ3v) is 3.38. The summed E-state index contributed by atoms with van der Waals surface area (Å²) in [7, 11) is 1.62. The Morgan fingerprint density at radius 2 is 1.85 bits per heavy atom. The Hall–Kier alpha value is -1.57. The maximum Gasteiger partial charge on any atom is 0.204 e. The molecule has 2 aromatic rings. The van der Waals surface area contributed by atoms with E-state index in [1.165, 1.54) is 9.90 Å². The van der Waals surface area contributed by atoms with E-state index < -0.39 is 0 Å². The lowest BCUT2D eigenvalue weighted by molar-refractivity contribution is 0.415. The molecule has 0 unspecified atom stereocenters. The van der Waals surface area contributed by atoms with E-state index in [2.05, 4.69) is 50.1 Å². The highest BCUT2D eigenvalue weighted by Crippen LogP contribution is 2.31. The summed E-state index contributed by atoms with van der Waals surface area (Å²) in [5.41, 5.74) is 0.962. The normalized spacial score (nSPS) is 10.2. The van der Waals surface area contributed by atoms with Gasteiger partial charge in [-0.1, -0.05) is 6.92 Å². The second-order valence-corrected chi connectivity index (χ2v) is 5.41. The first-order chi connectivity index (χ1) is 9.74. The Morgan fingerprint density at radius 3 is 2.50 bits per heavy atom. The zero-order valence-corrected chi connectivity index (χ0v) is 13.6. The number of hydrogen-bond donors (Lipinski definition) is 2. The second kappa shape index (κ2) is 7.28. The van der Waals surface area contributed by atoms with Crippen molar-refractivity contribution >= 4 is 39.9 Å². The lowest BCUT2D eigenvalue weighted by Gasteiger charge is -2.14. The van der Waals surface area contributed by atoms with Gasteiger partial charge in [-0.25, -0.2) is 9.97 Å². The van der Waals surface area contributed by atoms with Crippen molar-refractivity contribution < 1.29 is 4.74 Å². The van der Waals surface area contributed by atoms with Crippen molar-refractivity contribution in [1.82, 2.24) is 9.97 Å². The molecule has 0 aliphatic rings. The van der Waals surface area contributed by atoms with Crippen LogP contribution in [0.5, 0.6) is 5.75 Å². The molecule has 1 aromatic heterocycles. The molecule has 0 bridgehead atoms. The van der Waals surface area contributed by atoms with E-state index in [0.717, 1.165) is 18.7 Å². The zero-order chi connectivity index (χ0) is 14.4. The predicted octanol–water partition coefficient (Wildman–Crippen LogP) is 3.66. The van der Waals surface area contributed by atoms with Crippen molar-refractivity contribution in [2.24, 2.45) is 0 Å². The molecule has 0 atom stereocenters. The quantitative estimate of drug-likeness (QED) is 0.745. The van der Waals surface area contributed by atoms with Crippen LogP contribution < -0.4 is 15.4 Å². The number of aromatic nitrogens is 2. The lowest BCUT2D eigenvalue weighted by Crippen LogP contribution is -2.07. The van der Waals surface area contributed by atoms with Crippen LogP contribution in [-0.4, -0.2) is 23.6 Å². The largest absolute Gasteiger partial charge is 0.490 e. The number of nitrogens with zero attached hydrogens (tertiary/aromatic N) is 2. The summed E-state index contributed by atoms with van der Waals surface area (Å²) in [6.07, 6.45) is 2.54. The molecule has 0 spiro atoms. The van der Waals surface area contributed by atoms with Crippen molar-refractivity contribution in [1.29, 1.82) is 0 Å². The fraction of sp³-hybridized carbons (Fsp3) is 0.286. The van der Waals surface area contributed by atoms with Gasteiger partial charge in [0, 0.05) is 15.8 Å². The maximum absolute atomic E-state index is 5.42. The average Bonchev–Trinajstić information content (AvgIpc) is 2.47. The molecule has 0 radical (unpaired) electrons. The molecule has 0 aliphatic heterocycles. The predicted molar refractivity (Wildman–Crippen MR) is 89.8 cm³/mol. The molecule has 5 nitrogen and oxygen atoms in total. The summed E-state index contributed by atoms with van der Waals surface area (Å²) in [6, 6.07) is 8.07. The van der Waals surface area contributed by atoms with E-state index in [1.807, 2.05) is 24.3 Å². The average molecular weight is 384 g/mol. The molecule has 1 aromatic carbocycles. The van der Waals surface area contributed by atoms with Gasteiger partial charge in [-0.2, -0.15) is 0 Å². The van der Waals surface area contributed by atoms with Gasteiger partial charge in [-0.3, -0.25) is 0 Å². The molecule has 106 valence electrons. The van der Waals surface area contributed by atoms with E-state index in [0.29, 0.717) is 17.4 Å². The van der Waals surface area contributed by atoms with Crippen LogP contribution in [-0.2, 0) is 0 Å². The number of nitrogens with one attached hydrogen (secondary N) is 2. The van der Waals surface area contributed by atoms with Gasteiger partial charge in [-0.05, 0) is 53.3 Å². The minimum Gasteiger partial charge on any atom is -0.490 e. The van der Waals surface area contributed by atoms with Crippen LogP contribution in [0.15, 0.2) is 30.6 Å². The number of methoxy groups -OCH3 is 1. The third-order valence-electron chi connectivity index (χ3n) is 2.66. The van der Waals surface area contributed by atoms with Crippen LogP contribution in [0.3, 0.4) is 0 Å². The first-order valence-electron chi connectivity index (χ1n) is 6.40. The smallest absolute Gasteiger partial charge is 0.204 e. The van der Waals surface area contributed by atoms with Crippen LogP contribution >= 0.6 is 22.6 Å². The number of halogens is 1. The summed E-state index contributed by atoms with van der Waals surface area (Å²) in [4.78, 5) is 8.46. The number of benzene rings is 1. The molecule has 2 rings (SSSR count). The first-order valence-corrected chi connectivity index (χ1v) is 7.48. The Labute approximate surface area is 132 Å². The van der Waals surface area contributed by atoms with Gasteiger partial charge in [0.1, 0.15) is 6.33 Å². The Kier molecular flexibility index (Phi) is 5.40. The number of ether oxygens (including phenoxy) is 1. The monoisotopic (exact) mass is 384 g/mol. The van der Waals surface area contributed by atoms with Crippen molar-refractivity contribution in [2.45, 2.75) is 13.3 Å². The van der Waals surface area contributed by atoms with Crippen LogP contribution in [0.4, 0.5) is 17.3 Å². The summed E-state index contributed by atoms with van der Waals surface area (Å²) in [6.45, 7) is 2.95. The van der Waals surface area contributed by atoms with Crippen molar-refractivity contribution in [3.05, 3.63) is 34.2 Å².